The van der Waals surface area contributed by atoms with Gasteiger partial charge in [0.15, 0.2) is 0 Å². The molecule has 2 nitrogen and oxygen atoms in total. The lowest BCUT2D eigenvalue weighted by Gasteiger charge is -2.22. The average Bonchev–Trinajstić information content (AvgIpc) is 2.60. The number of thioether (sulfide) groups is 1. The van der Waals surface area contributed by atoms with Crippen LogP contribution in [0.15, 0.2) is 18.2 Å². The van der Waals surface area contributed by atoms with Crippen LogP contribution in [0.4, 0.5) is 18.9 Å². The van der Waals surface area contributed by atoms with Gasteiger partial charge in [0.1, 0.15) is 5.75 Å². The van der Waals surface area contributed by atoms with Gasteiger partial charge in [0.2, 0.25) is 0 Å². The molecular formula is C21H34F3NOS. The summed E-state index contributed by atoms with van der Waals surface area (Å²) in [5.74, 6) is 2.09. The van der Waals surface area contributed by atoms with E-state index in [1.165, 1.54) is 38.5 Å². The van der Waals surface area contributed by atoms with Crippen molar-refractivity contribution < 1.29 is 17.9 Å². The second kappa shape index (κ2) is 13.2. The number of rotatable bonds is 14. The second-order valence-corrected chi connectivity index (χ2v) is 8.19. The Hall–Kier alpha value is -1.04. The fraction of sp³-hybridized carbons (Fsp3) is 0.714. The number of methoxy groups -OCH3 is 1. The van der Waals surface area contributed by atoms with Crippen molar-refractivity contribution in [2.45, 2.75) is 77.4 Å². The van der Waals surface area contributed by atoms with Gasteiger partial charge in [-0.2, -0.15) is 24.9 Å². The molecule has 0 heterocycles. The van der Waals surface area contributed by atoms with E-state index in [1.54, 1.807) is 31.0 Å². The van der Waals surface area contributed by atoms with Crippen molar-refractivity contribution in [3.8, 4) is 5.75 Å². The van der Waals surface area contributed by atoms with Gasteiger partial charge in [-0.1, -0.05) is 45.4 Å². The third kappa shape index (κ3) is 11.4. The number of aryl methyl sites for hydroxylation is 1. The van der Waals surface area contributed by atoms with Crippen LogP contribution in [0.25, 0.3) is 0 Å². The molecule has 0 aliphatic heterocycles. The summed E-state index contributed by atoms with van der Waals surface area (Å²) in [7, 11) is 1.58. The quantitative estimate of drug-likeness (QED) is 0.330. The molecule has 27 heavy (non-hydrogen) atoms. The van der Waals surface area contributed by atoms with E-state index in [0.717, 1.165) is 23.4 Å². The van der Waals surface area contributed by atoms with E-state index in [-0.39, 0.29) is 0 Å². The molecule has 0 aromatic heterocycles. The van der Waals surface area contributed by atoms with Crippen molar-refractivity contribution in [1.29, 1.82) is 0 Å². The molecule has 156 valence electrons. The molecule has 1 rings (SSSR count). The Balaban J connectivity index is 2.41. The third-order valence-electron chi connectivity index (χ3n) is 4.48. The van der Waals surface area contributed by atoms with Gasteiger partial charge in [0.05, 0.1) is 13.5 Å². The van der Waals surface area contributed by atoms with Crippen LogP contribution < -0.4 is 10.1 Å². The van der Waals surface area contributed by atoms with Gasteiger partial charge in [-0.15, -0.1) is 0 Å². The van der Waals surface area contributed by atoms with Crippen LogP contribution >= 0.6 is 11.8 Å². The maximum Gasteiger partial charge on any atom is 0.391 e. The molecule has 0 fully saturated rings. The largest absolute Gasteiger partial charge is 0.497 e. The number of unbranched alkanes of at least 4 members (excludes halogenated alkanes) is 6. The number of halogens is 3. The van der Waals surface area contributed by atoms with Crippen LogP contribution in [0.2, 0.25) is 0 Å². The van der Waals surface area contributed by atoms with E-state index in [1.807, 2.05) is 13.0 Å². The second-order valence-electron chi connectivity index (χ2n) is 7.04. The zero-order valence-corrected chi connectivity index (χ0v) is 17.6. The summed E-state index contributed by atoms with van der Waals surface area (Å²) in [5, 5.41) is 3.08. The molecule has 0 bridgehead atoms. The van der Waals surface area contributed by atoms with E-state index < -0.39 is 18.6 Å². The summed E-state index contributed by atoms with van der Waals surface area (Å²) < 4.78 is 44.0. The Morgan fingerprint density at radius 1 is 1.07 bits per heavy atom. The summed E-state index contributed by atoms with van der Waals surface area (Å²) >= 11 is 1.62. The molecule has 0 radical (unpaired) electrons. The molecule has 1 N–H and O–H groups in total. The summed E-state index contributed by atoms with van der Waals surface area (Å²) in [6.45, 7) is 4.08. The molecule has 0 saturated heterocycles. The molecule has 0 amide bonds. The molecule has 0 saturated carbocycles. The minimum atomic E-state index is -4.17. The first kappa shape index (κ1) is 24.0. The SMILES string of the molecule is CCCCCCCCCSCC(CC(F)(F)F)Nc1ccc(OC)cc1C. The van der Waals surface area contributed by atoms with Gasteiger partial charge in [-0.25, -0.2) is 0 Å². The van der Waals surface area contributed by atoms with Crippen molar-refractivity contribution >= 4 is 17.4 Å². The highest BCUT2D eigenvalue weighted by Gasteiger charge is 2.32. The lowest BCUT2D eigenvalue weighted by atomic mass is 10.1. The van der Waals surface area contributed by atoms with E-state index in [9.17, 15) is 13.2 Å². The molecule has 6 heteroatoms. The highest BCUT2D eigenvalue weighted by atomic mass is 32.2. The highest BCUT2D eigenvalue weighted by Crippen LogP contribution is 2.28. The average molecular weight is 406 g/mol. The maximum absolute atomic E-state index is 12.9. The first-order valence-electron chi connectivity index (χ1n) is 9.91. The number of hydrogen-bond acceptors (Lipinski definition) is 3. The number of alkyl halides is 3. The topological polar surface area (TPSA) is 21.3 Å². The monoisotopic (exact) mass is 405 g/mol. The molecule has 1 unspecified atom stereocenters. The third-order valence-corrected chi connectivity index (χ3v) is 5.70. The van der Waals surface area contributed by atoms with Crippen molar-refractivity contribution in [1.82, 2.24) is 0 Å². The van der Waals surface area contributed by atoms with Gasteiger partial charge < -0.3 is 10.1 Å². The maximum atomic E-state index is 12.9. The lowest BCUT2D eigenvalue weighted by molar-refractivity contribution is -0.135. The fourth-order valence-electron chi connectivity index (χ4n) is 2.96. The Labute approximate surface area is 166 Å². The standard InChI is InChI=1S/C21H34F3NOS/c1-4-5-6-7-8-9-10-13-27-16-18(15-21(22,23)24)25-20-12-11-19(26-3)14-17(20)2/h11-12,14,18,25H,4-10,13,15-16H2,1-3H3. The van der Waals surface area contributed by atoms with Crippen LogP contribution in [-0.4, -0.2) is 30.8 Å². The van der Waals surface area contributed by atoms with Crippen molar-refractivity contribution in [2.75, 3.05) is 23.9 Å². The van der Waals surface area contributed by atoms with Crippen LogP contribution in [0.5, 0.6) is 5.75 Å². The van der Waals surface area contributed by atoms with Gasteiger partial charge in [-0.05, 0) is 42.9 Å². The molecule has 0 aliphatic carbocycles. The summed E-state index contributed by atoms with van der Waals surface area (Å²) in [6, 6.07) is 4.77. The number of anilines is 1. The van der Waals surface area contributed by atoms with Gasteiger partial charge in [-0.3, -0.25) is 0 Å². The number of ether oxygens (including phenoxy) is 1. The van der Waals surface area contributed by atoms with Crippen molar-refractivity contribution in [2.24, 2.45) is 0 Å². The van der Waals surface area contributed by atoms with Crippen LogP contribution in [0, 0.1) is 6.92 Å². The predicted octanol–water partition coefficient (Wildman–Crippen LogP) is 7.22. The minimum absolute atomic E-state index is 0.459. The Morgan fingerprint density at radius 2 is 1.74 bits per heavy atom. The van der Waals surface area contributed by atoms with Crippen LogP contribution in [-0.2, 0) is 0 Å². The summed E-state index contributed by atoms with van der Waals surface area (Å²) in [5.41, 5.74) is 1.63. The van der Waals surface area contributed by atoms with E-state index >= 15 is 0 Å². The normalized spacial score (nSPS) is 12.8. The van der Waals surface area contributed by atoms with Crippen LogP contribution in [0.3, 0.4) is 0 Å². The predicted molar refractivity (Wildman–Crippen MR) is 111 cm³/mol. The smallest absolute Gasteiger partial charge is 0.391 e. The lowest BCUT2D eigenvalue weighted by Crippen LogP contribution is -2.29. The number of hydrogen-bond donors (Lipinski definition) is 1. The van der Waals surface area contributed by atoms with Gasteiger partial charge >= 0.3 is 6.18 Å². The molecule has 1 aromatic rings. The first-order chi connectivity index (χ1) is 12.9. The first-order valence-corrected chi connectivity index (χ1v) is 11.1. The zero-order chi connectivity index (χ0) is 20.1. The summed E-state index contributed by atoms with van der Waals surface area (Å²) in [6.07, 6.45) is 3.61. The molecule has 0 aliphatic rings. The van der Waals surface area contributed by atoms with Gasteiger partial charge in [0, 0.05) is 17.5 Å². The van der Waals surface area contributed by atoms with E-state index in [2.05, 4.69) is 12.2 Å². The summed E-state index contributed by atoms with van der Waals surface area (Å²) in [4.78, 5) is 0. The van der Waals surface area contributed by atoms with Crippen molar-refractivity contribution in [3.63, 3.8) is 0 Å². The molecule has 0 spiro atoms. The highest BCUT2D eigenvalue weighted by molar-refractivity contribution is 7.99. The van der Waals surface area contributed by atoms with Gasteiger partial charge in [0.25, 0.3) is 0 Å². The number of nitrogens with one attached hydrogen (secondary N) is 1. The minimum Gasteiger partial charge on any atom is -0.497 e. The van der Waals surface area contributed by atoms with Crippen LogP contribution in [0.1, 0.15) is 63.9 Å². The Kier molecular flexibility index (Phi) is 11.7. The molecule has 1 aromatic carbocycles. The Morgan fingerprint density at radius 3 is 2.33 bits per heavy atom. The fourth-order valence-corrected chi connectivity index (χ4v) is 4.02. The van der Waals surface area contributed by atoms with Crippen molar-refractivity contribution in [3.05, 3.63) is 23.8 Å². The number of benzene rings is 1. The molecule has 1 atom stereocenters. The Bertz CT molecular complexity index is 523. The molecular weight excluding hydrogens is 371 g/mol. The van der Waals surface area contributed by atoms with E-state index in [4.69, 9.17) is 4.74 Å². The zero-order valence-electron chi connectivity index (χ0n) is 16.8. The van der Waals surface area contributed by atoms with E-state index in [0.29, 0.717) is 11.5 Å².